The molecule has 1 aliphatic rings. The number of hydrogen-bond acceptors (Lipinski definition) is 6. The lowest BCUT2D eigenvalue weighted by molar-refractivity contribution is -0.131. The lowest BCUT2D eigenvalue weighted by Gasteiger charge is -2.22. The van der Waals surface area contributed by atoms with Gasteiger partial charge in [-0.3, -0.25) is 9.69 Å². The van der Waals surface area contributed by atoms with Gasteiger partial charge < -0.3 is 9.84 Å². The number of nitrogens with zero attached hydrogens (tertiary/aromatic N) is 3. The van der Waals surface area contributed by atoms with Crippen molar-refractivity contribution in [2.45, 2.75) is 19.0 Å². The molecule has 0 spiro atoms. The van der Waals surface area contributed by atoms with Gasteiger partial charge in [-0.2, -0.15) is 16.3 Å². The number of carbonyl (C=O) groups is 2. The van der Waals surface area contributed by atoms with Gasteiger partial charge in [-0.15, -0.1) is 0 Å². The molecule has 1 atom stereocenters. The molecule has 9 heteroatoms. The molecule has 1 aliphatic heterocycles. The molecule has 3 amide bonds. The predicted octanol–water partition coefficient (Wildman–Crippen LogP) is 3.42. The molecule has 1 fully saturated rings. The Morgan fingerprint density at radius 3 is 2.73 bits per heavy atom. The van der Waals surface area contributed by atoms with Crippen LogP contribution in [0.1, 0.15) is 18.4 Å². The lowest BCUT2D eigenvalue weighted by atomic mass is 9.92. The number of hydrogen-bond donors (Lipinski definition) is 1. The summed E-state index contributed by atoms with van der Waals surface area (Å²) in [5.74, 6) is 0.226. The molecular weight excluding hydrogens is 376 g/mol. The minimum Gasteiger partial charge on any atom is -0.337 e. The summed E-state index contributed by atoms with van der Waals surface area (Å²) in [6, 6.07) is 8.13. The minimum atomic E-state index is -1.17. The van der Waals surface area contributed by atoms with Crippen LogP contribution < -0.4 is 5.32 Å². The maximum absolute atomic E-state index is 12.9. The molecule has 3 aromatic rings. The largest absolute Gasteiger partial charge is 0.337 e. The number of rotatable bonds is 4. The van der Waals surface area contributed by atoms with E-state index in [0.717, 1.165) is 10.5 Å². The fraction of sp³-hybridized carbons (Fsp3) is 0.176. The SMILES string of the molecule is CC1(c2ccc(Cl)cc2)NC(=O)N(Cc2nc(-c3ccsc3)no2)C1=O. The summed E-state index contributed by atoms with van der Waals surface area (Å²) in [4.78, 5) is 30.6. The topological polar surface area (TPSA) is 88.3 Å². The van der Waals surface area contributed by atoms with Gasteiger partial charge in [0.25, 0.3) is 5.91 Å². The second kappa shape index (κ2) is 6.22. The Balaban J connectivity index is 1.57. The molecule has 1 N–H and O–H groups in total. The van der Waals surface area contributed by atoms with Gasteiger partial charge in [-0.25, -0.2) is 4.79 Å². The molecule has 1 saturated heterocycles. The molecule has 1 aromatic carbocycles. The monoisotopic (exact) mass is 388 g/mol. The number of thiophene rings is 1. The lowest BCUT2D eigenvalue weighted by Crippen LogP contribution is -2.40. The van der Waals surface area contributed by atoms with Gasteiger partial charge in [0.05, 0.1) is 0 Å². The van der Waals surface area contributed by atoms with Gasteiger partial charge in [-0.05, 0) is 36.1 Å². The van der Waals surface area contributed by atoms with Crippen LogP contribution in [-0.2, 0) is 16.9 Å². The van der Waals surface area contributed by atoms with Crippen molar-refractivity contribution in [1.82, 2.24) is 20.4 Å². The molecule has 0 radical (unpaired) electrons. The Bertz CT molecular complexity index is 970. The van der Waals surface area contributed by atoms with Crippen LogP contribution in [-0.4, -0.2) is 27.0 Å². The van der Waals surface area contributed by atoms with Crippen LogP contribution >= 0.6 is 22.9 Å². The zero-order valence-electron chi connectivity index (χ0n) is 13.6. The molecular formula is C17H13ClN4O3S. The highest BCUT2D eigenvalue weighted by Gasteiger charge is 2.49. The van der Waals surface area contributed by atoms with Crippen molar-refractivity contribution in [3.63, 3.8) is 0 Å². The van der Waals surface area contributed by atoms with Crippen molar-refractivity contribution < 1.29 is 14.1 Å². The van der Waals surface area contributed by atoms with E-state index in [2.05, 4.69) is 15.5 Å². The fourth-order valence-electron chi connectivity index (χ4n) is 2.78. The van der Waals surface area contributed by atoms with Gasteiger partial charge >= 0.3 is 6.03 Å². The van der Waals surface area contributed by atoms with Crippen LogP contribution in [0.2, 0.25) is 5.02 Å². The highest BCUT2D eigenvalue weighted by Crippen LogP contribution is 2.30. The number of imide groups is 1. The Morgan fingerprint density at radius 1 is 1.27 bits per heavy atom. The molecule has 26 heavy (non-hydrogen) atoms. The number of carbonyl (C=O) groups excluding carboxylic acids is 2. The van der Waals surface area contributed by atoms with Crippen LogP contribution in [0.4, 0.5) is 4.79 Å². The highest BCUT2D eigenvalue weighted by atomic mass is 35.5. The van der Waals surface area contributed by atoms with E-state index in [1.54, 1.807) is 31.2 Å². The molecule has 0 bridgehead atoms. The summed E-state index contributed by atoms with van der Waals surface area (Å²) < 4.78 is 5.19. The Morgan fingerprint density at radius 2 is 2.04 bits per heavy atom. The molecule has 3 heterocycles. The Labute approximate surface area is 157 Å². The van der Waals surface area contributed by atoms with Crippen LogP contribution in [0.3, 0.4) is 0 Å². The van der Waals surface area contributed by atoms with Gasteiger partial charge in [0.1, 0.15) is 12.1 Å². The van der Waals surface area contributed by atoms with Crippen molar-refractivity contribution in [3.05, 3.63) is 57.6 Å². The van der Waals surface area contributed by atoms with Gasteiger partial charge in [0.2, 0.25) is 11.7 Å². The summed E-state index contributed by atoms with van der Waals surface area (Å²) in [6.45, 7) is 1.56. The molecule has 132 valence electrons. The first-order valence-corrected chi connectivity index (χ1v) is 9.05. The minimum absolute atomic E-state index is 0.0923. The van der Waals surface area contributed by atoms with Crippen molar-refractivity contribution in [3.8, 4) is 11.4 Å². The fourth-order valence-corrected chi connectivity index (χ4v) is 3.54. The van der Waals surface area contributed by atoms with E-state index >= 15 is 0 Å². The number of urea groups is 1. The number of aromatic nitrogens is 2. The molecule has 7 nitrogen and oxygen atoms in total. The van der Waals surface area contributed by atoms with Crippen LogP contribution in [0, 0.1) is 0 Å². The van der Waals surface area contributed by atoms with Crippen molar-refractivity contribution in [1.29, 1.82) is 0 Å². The average Bonchev–Trinajstić information content (AvgIpc) is 3.34. The standard InChI is InChI=1S/C17H13ClN4O3S/c1-17(11-2-4-12(18)5-3-11)15(23)22(16(24)20-17)8-13-19-14(21-25-13)10-6-7-26-9-10/h2-7,9H,8H2,1H3,(H,20,24). The van der Waals surface area contributed by atoms with Gasteiger partial charge in [0.15, 0.2) is 0 Å². The van der Waals surface area contributed by atoms with Crippen LogP contribution in [0.5, 0.6) is 0 Å². The molecule has 0 aliphatic carbocycles. The van der Waals surface area contributed by atoms with E-state index in [1.165, 1.54) is 11.3 Å². The predicted molar refractivity (Wildman–Crippen MR) is 95.5 cm³/mol. The van der Waals surface area contributed by atoms with Gasteiger partial charge in [0, 0.05) is 16.0 Å². The Kier molecular flexibility index (Phi) is 4.01. The number of amides is 3. The summed E-state index contributed by atoms with van der Waals surface area (Å²) in [5, 5.41) is 11.0. The average molecular weight is 389 g/mol. The maximum Gasteiger partial charge on any atom is 0.325 e. The first kappa shape index (κ1) is 16.7. The summed E-state index contributed by atoms with van der Waals surface area (Å²) in [5.41, 5.74) is 0.304. The first-order valence-electron chi connectivity index (χ1n) is 7.73. The first-order chi connectivity index (χ1) is 12.5. The third kappa shape index (κ3) is 2.77. The van der Waals surface area contributed by atoms with E-state index in [4.69, 9.17) is 16.1 Å². The number of benzene rings is 1. The maximum atomic E-state index is 12.9. The zero-order valence-corrected chi connectivity index (χ0v) is 15.2. The van der Waals surface area contributed by atoms with Crippen molar-refractivity contribution >= 4 is 34.9 Å². The second-order valence-electron chi connectivity index (χ2n) is 5.98. The smallest absolute Gasteiger partial charge is 0.325 e. The molecule has 2 aromatic heterocycles. The summed E-state index contributed by atoms with van der Waals surface area (Å²) in [6.07, 6.45) is 0. The van der Waals surface area contributed by atoms with Gasteiger partial charge in [-0.1, -0.05) is 28.9 Å². The van der Waals surface area contributed by atoms with E-state index in [0.29, 0.717) is 16.4 Å². The van der Waals surface area contributed by atoms with Crippen molar-refractivity contribution in [2.24, 2.45) is 0 Å². The van der Waals surface area contributed by atoms with E-state index in [-0.39, 0.29) is 18.3 Å². The van der Waals surface area contributed by atoms with E-state index < -0.39 is 11.6 Å². The van der Waals surface area contributed by atoms with Crippen LogP contribution in [0.25, 0.3) is 11.4 Å². The Hall–Kier alpha value is -2.71. The van der Waals surface area contributed by atoms with E-state index in [1.807, 2.05) is 16.8 Å². The summed E-state index contributed by atoms with van der Waals surface area (Å²) >= 11 is 7.42. The molecule has 1 unspecified atom stereocenters. The van der Waals surface area contributed by atoms with E-state index in [9.17, 15) is 9.59 Å². The second-order valence-corrected chi connectivity index (χ2v) is 7.19. The summed E-state index contributed by atoms with van der Waals surface area (Å²) in [7, 11) is 0. The molecule has 0 saturated carbocycles. The highest BCUT2D eigenvalue weighted by molar-refractivity contribution is 7.08. The number of nitrogens with one attached hydrogen (secondary N) is 1. The third-order valence-corrected chi connectivity index (χ3v) is 5.17. The molecule has 4 rings (SSSR count). The van der Waals surface area contributed by atoms with Crippen molar-refractivity contribution in [2.75, 3.05) is 0 Å². The zero-order chi connectivity index (χ0) is 18.3. The quantitative estimate of drug-likeness (QED) is 0.692. The number of halogens is 1. The van der Waals surface area contributed by atoms with Crippen LogP contribution in [0.15, 0.2) is 45.6 Å². The third-order valence-electron chi connectivity index (χ3n) is 4.24. The normalized spacial score (nSPS) is 19.8.